The summed E-state index contributed by atoms with van der Waals surface area (Å²) >= 11 is 15.3. The van der Waals surface area contributed by atoms with Gasteiger partial charge in [0.1, 0.15) is 0 Å². The quantitative estimate of drug-likeness (QED) is 0.841. The van der Waals surface area contributed by atoms with Crippen LogP contribution in [0.3, 0.4) is 0 Å². The molecule has 1 N–H and O–H groups in total. The number of halogens is 3. The highest BCUT2D eigenvalue weighted by Crippen LogP contribution is 2.35. The minimum absolute atomic E-state index is 0.128. The lowest BCUT2D eigenvalue weighted by Gasteiger charge is -2.13. The van der Waals surface area contributed by atoms with Crippen molar-refractivity contribution in [2.75, 3.05) is 19.0 Å². The third-order valence-electron chi connectivity index (χ3n) is 2.02. The molecule has 2 nitrogen and oxygen atoms in total. The topological polar surface area (TPSA) is 21.3 Å². The average Bonchev–Trinajstić information content (AvgIpc) is 2.24. The predicted octanol–water partition coefficient (Wildman–Crippen LogP) is 4.20. The van der Waals surface area contributed by atoms with Gasteiger partial charge in [-0.3, -0.25) is 0 Å². The monoisotopic (exact) mass is 311 g/mol. The van der Waals surface area contributed by atoms with Crippen LogP contribution in [-0.2, 0) is 4.74 Å². The van der Waals surface area contributed by atoms with Crippen molar-refractivity contribution >= 4 is 44.8 Å². The largest absolute Gasteiger partial charge is 0.381 e. The molecule has 0 radical (unpaired) electrons. The second-order valence-electron chi connectivity index (χ2n) is 3.15. The van der Waals surface area contributed by atoms with Crippen LogP contribution >= 0.6 is 39.1 Å². The van der Waals surface area contributed by atoms with Crippen LogP contribution in [0, 0.1) is 0 Å². The molecule has 0 spiro atoms. The number of hydrogen-bond donors (Lipinski definition) is 1. The van der Waals surface area contributed by atoms with E-state index < -0.39 is 0 Å². The maximum atomic E-state index is 6.06. The van der Waals surface area contributed by atoms with E-state index in [1.165, 1.54) is 0 Å². The maximum absolute atomic E-state index is 6.06. The van der Waals surface area contributed by atoms with Gasteiger partial charge in [0.25, 0.3) is 0 Å². The first kappa shape index (κ1) is 13.1. The van der Waals surface area contributed by atoms with Crippen LogP contribution < -0.4 is 5.32 Å². The van der Waals surface area contributed by atoms with Crippen LogP contribution in [0.25, 0.3) is 0 Å². The Morgan fingerprint density at radius 3 is 2.67 bits per heavy atom. The van der Waals surface area contributed by atoms with Gasteiger partial charge in [0.05, 0.1) is 21.8 Å². The summed E-state index contributed by atoms with van der Waals surface area (Å²) in [5.74, 6) is 0. The molecule has 0 amide bonds. The molecule has 0 aromatic heterocycles. The SMILES string of the molecule is COC(C)CNc1ccc(Br)c(Cl)c1Cl. The molecule has 0 heterocycles. The van der Waals surface area contributed by atoms with Crippen LogP contribution in [0.1, 0.15) is 6.92 Å². The molecule has 0 saturated carbocycles. The third-order valence-corrected chi connectivity index (χ3v) is 3.79. The molecule has 15 heavy (non-hydrogen) atoms. The molecule has 0 saturated heterocycles. The standard InChI is InChI=1S/C10H12BrCl2NO/c1-6(15-2)5-14-8-4-3-7(11)9(12)10(8)13/h3-4,6,14H,5H2,1-2H3. The Bertz CT molecular complexity index is 346. The predicted molar refractivity (Wildman–Crippen MR) is 69.1 cm³/mol. The van der Waals surface area contributed by atoms with Gasteiger partial charge in [-0.25, -0.2) is 0 Å². The highest BCUT2D eigenvalue weighted by Gasteiger charge is 2.08. The number of hydrogen-bond acceptors (Lipinski definition) is 2. The molecular formula is C10H12BrCl2NO. The van der Waals surface area contributed by atoms with Gasteiger partial charge in [0, 0.05) is 18.1 Å². The van der Waals surface area contributed by atoms with E-state index >= 15 is 0 Å². The van der Waals surface area contributed by atoms with Gasteiger partial charge in [0.15, 0.2) is 0 Å². The summed E-state index contributed by atoms with van der Waals surface area (Å²) in [5.41, 5.74) is 0.814. The Morgan fingerprint density at radius 2 is 2.07 bits per heavy atom. The maximum Gasteiger partial charge on any atom is 0.0835 e. The van der Waals surface area contributed by atoms with Crippen LogP contribution in [0.2, 0.25) is 10.0 Å². The number of benzene rings is 1. The molecule has 0 aliphatic carbocycles. The lowest BCUT2D eigenvalue weighted by atomic mass is 10.3. The Kier molecular flexibility index (Phi) is 5.19. The van der Waals surface area contributed by atoms with Crippen LogP contribution in [-0.4, -0.2) is 19.8 Å². The number of methoxy groups -OCH3 is 1. The Labute approximate surface area is 108 Å². The fourth-order valence-electron chi connectivity index (χ4n) is 0.999. The molecule has 1 atom stereocenters. The second-order valence-corrected chi connectivity index (χ2v) is 4.76. The molecule has 5 heteroatoms. The first-order valence-electron chi connectivity index (χ1n) is 4.46. The van der Waals surface area contributed by atoms with Crippen molar-refractivity contribution in [1.29, 1.82) is 0 Å². The van der Waals surface area contributed by atoms with Gasteiger partial charge in [-0.15, -0.1) is 0 Å². The van der Waals surface area contributed by atoms with Crippen molar-refractivity contribution in [1.82, 2.24) is 0 Å². The van der Waals surface area contributed by atoms with Crippen molar-refractivity contribution in [3.8, 4) is 0 Å². The number of ether oxygens (including phenoxy) is 1. The molecule has 1 aromatic rings. The fourth-order valence-corrected chi connectivity index (χ4v) is 1.84. The van der Waals surface area contributed by atoms with Crippen molar-refractivity contribution in [2.45, 2.75) is 13.0 Å². The average molecular weight is 313 g/mol. The molecule has 84 valence electrons. The van der Waals surface area contributed by atoms with E-state index in [1.54, 1.807) is 7.11 Å². The van der Waals surface area contributed by atoms with E-state index in [4.69, 9.17) is 27.9 Å². The van der Waals surface area contributed by atoms with Crippen molar-refractivity contribution in [3.05, 3.63) is 26.7 Å². The van der Waals surface area contributed by atoms with E-state index in [0.29, 0.717) is 16.6 Å². The van der Waals surface area contributed by atoms with Gasteiger partial charge in [-0.05, 0) is 35.0 Å². The summed E-state index contributed by atoms with van der Waals surface area (Å²) in [6.45, 7) is 2.66. The minimum Gasteiger partial charge on any atom is -0.381 e. The Morgan fingerprint density at radius 1 is 1.40 bits per heavy atom. The van der Waals surface area contributed by atoms with Gasteiger partial charge in [-0.2, -0.15) is 0 Å². The number of rotatable bonds is 4. The summed E-state index contributed by atoms with van der Waals surface area (Å²) in [5, 5.41) is 4.21. The lowest BCUT2D eigenvalue weighted by Crippen LogP contribution is -2.18. The van der Waals surface area contributed by atoms with E-state index in [9.17, 15) is 0 Å². The van der Waals surface area contributed by atoms with E-state index in [2.05, 4.69) is 21.2 Å². The van der Waals surface area contributed by atoms with E-state index in [1.807, 2.05) is 19.1 Å². The molecule has 1 unspecified atom stereocenters. The molecule has 0 aliphatic rings. The van der Waals surface area contributed by atoms with E-state index in [-0.39, 0.29) is 6.10 Å². The summed E-state index contributed by atoms with van der Waals surface area (Å²) in [6, 6.07) is 3.73. The zero-order valence-corrected chi connectivity index (χ0v) is 11.6. The van der Waals surface area contributed by atoms with Gasteiger partial charge < -0.3 is 10.1 Å². The van der Waals surface area contributed by atoms with Crippen molar-refractivity contribution < 1.29 is 4.74 Å². The zero-order chi connectivity index (χ0) is 11.4. The van der Waals surface area contributed by atoms with Gasteiger partial charge in [0.2, 0.25) is 0 Å². The molecule has 1 rings (SSSR count). The summed E-state index contributed by atoms with van der Waals surface area (Å²) < 4.78 is 5.91. The number of nitrogens with one attached hydrogen (secondary N) is 1. The normalized spacial score (nSPS) is 12.6. The van der Waals surface area contributed by atoms with Crippen molar-refractivity contribution in [2.24, 2.45) is 0 Å². The van der Waals surface area contributed by atoms with E-state index in [0.717, 1.165) is 10.2 Å². The molecular weight excluding hydrogens is 301 g/mol. The zero-order valence-electron chi connectivity index (χ0n) is 8.48. The molecule has 0 aliphatic heterocycles. The van der Waals surface area contributed by atoms with Crippen LogP contribution in [0.15, 0.2) is 16.6 Å². The van der Waals surface area contributed by atoms with Crippen molar-refractivity contribution in [3.63, 3.8) is 0 Å². The Balaban J connectivity index is 2.74. The highest BCUT2D eigenvalue weighted by molar-refractivity contribution is 9.10. The molecule has 0 bridgehead atoms. The molecule has 1 aromatic carbocycles. The lowest BCUT2D eigenvalue weighted by molar-refractivity contribution is 0.129. The minimum atomic E-state index is 0.128. The summed E-state index contributed by atoms with van der Waals surface area (Å²) in [6.07, 6.45) is 0.128. The third kappa shape index (κ3) is 3.52. The molecule has 0 fully saturated rings. The summed E-state index contributed by atoms with van der Waals surface area (Å²) in [7, 11) is 1.67. The van der Waals surface area contributed by atoms with Gasteiger partial charge >= 0.3 is 0 Å². The number of anilines is 1. The fraction of sp³-hybridized carbons (Fsp3) is 0.400. The highest BCUT2D eigenvalue weighted by atomic mass is 79.9. The second kappa shape index (κ2) is 5.94. The summed E-state index contributed by atoms with van der Waals surface area (Å²) in [4.78, 5) is 0. The first-order chi connectivity index (χ1) is 7.06. The van der Waals surface area contributed by atoms with Crippen LogP contribution in [0.4, 0.5) is 5.69 Å². The smallest absolute Gasteiger partial charge is 0.0835 e. The first-order valence-corrected chi connectivity index (χ1v) is 6.01. The van der Waals surface area contributed by atoms with Gasteiger partial charge in [-0.1, -0.05) is 23.2 Å². The Hall–Kier alpha value is 0.0400. The van der Waals surface area contributed by atoms with Crippen LogP contribution in [0.5, 0.6) is 0 Å².